The van der Waals surface area contributed by atoms with Gasteiger partial charge in [-0.2, -0.15) is 0 Å². The summed E-state index contributed by atoms with van der Waals surface area (Å²) in [5.41, 5.74) is 2.91. The zero-order chi connectivity index (χ0) is 15.0. The van der Waals surface area contributed by atoms with Crippen molar-refractivity contribution in [1.82, 2.24) is 4.90 Å². The van der Waals surface area contributed by atoms with Crippen LogP contribution in [0.25, 0.3) is 0 Å². The molecule has 0 bridgehead atoms. The minimum absolute atomic E-state index is 0.205. The van der Waals surface area contributed by atoms with E-state index in [1.807, 2.05) is 6.21 Å². The van der Waals surface area contributed by atoms with Gasteiger partial charge in [0.2, 0.25) is 0 Å². The van der Waals surface area contributed by atoms with Crippen LogP contribution >= 0.6 is 0 Å². The maximum absolute atomic E-state index is 4.86. The number of hydrogen-bond acceptors (Lipinski definition) is 2. The van der Waals surface area contributed by atoms with Gasteiger partial charge in [-0.1, -0.05) is 29.8 Å². The first kappa shape index (κ1) is 15.2. The van der Waals surface area contributed by atoms with Crippen LogP contribution in [0.5, 0.6) is 0 Å². The first-order chi connectivity index (χ1) is 9.21. The quantitative estimate of drug-likeness (QED) is 0.741. The van der Waals surface area contributed by atoms with Crippen molar-refractivity contribution in [1.29, 1.82) is 0 Å². The predicted molar refractivity (Wildman–Crippen MR) is 87.7 cm³/mol. The van der Waals surface area contributed by atoms with Crippen molar-refractivity contribution < 1.29 is 0 Å². The number of hydrogen-bond donors (Lipinski definition) is 0. The van der Waals surface area contributed by atoms with Crippen LogP contribution < -0.4 is 0 Å². The zero-order valence-electron chi connectivity index (χ0n) is 13.8. The summed E-state index contributed by atoms with van der Waals surface area (Å²) in [4.78, 5) is 7.36. The Morgan fingerprint density at radius 3 is 2.05 bits per heavy atom. The average molecular weight is 272 g/mol. The lowest BCUT2D eigenvalue weighted by Crippen LogP contribution is -2.59. The van der Waals surface area contributed by atoms with Gasteiger partial charge >= 0.3 is 0 Å². The highest BCUT2D eigenvalue weighted by Crippen LogP contribution is 2.38. The van der Waals surface area contributed by atoms with Crippen LogP contribution in [0, 0.1) is 6.92 Å². The highest BCUT2D eigenvalue weighted by molar-refractivity contribution is 5.79. The van der Waals surface area contributed by atoms with Crippen LogP contribution in [-0.2, 0) is 0 Å². The van der Waals surface area contributed by atoms with Crippen molar-refractivity contribution in [2.45, 2.75) is 64.6 Å². The topological polar surface area (TPSA) is 15.6 Å². The Bertz CT molecular complexity index is 465. The van der Waals surface area contributed by atoms with Gasteiger partial charge in [-0.15, -0.1) is 0 Å². The lowest BCUT2D eigenvalue weighted by atomic mass is 9.78. The van der Waals surface area contributed by atoms with Crippen molar-refractivity contribution >= 4 is 6.21 Å². The summed E-state index contributed by atoms with van der Waals surface area (Å²) in [6.07, 6.45) is 4.28. The first-order valence-corrected chi connectivity index (χ1v) is 7.54. The Morgan fingerprint density at radius 2 is 1.55 bits per heavy atom. The van der Waals surface area contributed by atoms with Crippen LogP contribution in [-0.4, -0.2) is 35.3 Å². The third kappa shape index (κ3) is 3.29. The number of piperidine rings is 1. The molecule has 110 valence electrons. The van der Waals surface area contributed by atoms with E-state index in [1.54, 1.807) is 0 Å². The minimum atomic E-state index is 0.205. The third-order valence-electron chi connectivity index (χ3n) is 4.80. The van der Waals surface area contributed by atoms with E-state index in [-0.39, 0.29) is 11.1 Å². The summed E-state index contributed by atoms with van der Waals surface area (Å²) in [6, 6.07) is 8.99. The van der Waals surface area contributed by atoms with Gasteiger partial charge in [0.05, 0.1) is 6.04 Å². The van der Waals surface area contributed by atoms with Gasteiger partial charge in [-0.25, -0.2) is 0 Å². The number of benzene rings is 1. The van der Waals surface area contributed by atoms with Gasteiger partial charge in [-0.3, -0.25) is 9.89 Å². The van der Waals surface area contributed by atoms with Crippen LogP contribution in [0.4, 0.5) is 0 Å². The smallest absolute Gasteiger partial charge is 0.0534 e. The van der Waals surface area contributed by atoms with E-state index in [1.165, 1.54) is 11.1 Å². The number of nitrogens with zero attached hydrogens (tertiary/aromatic N) is 2. The summed E-state index contributed by atoms with van der Waals surface area (Å²) in [6.45, 7) is 11.4. The van der Waals surface area contributed by atoms with Crippen molar-refractivity contribution in [2.24, 2.45) is 4.99 Å². The molecule has 1 heterocycles. The molecule has 1 aliphatic heterocycles. The van der Waals surface area contributed by atoms with Gasteiger partial charge < -0.3 is 0 Å². The molecule has 2 nitrogen and oxygen atoms in total. The Morgan fingerprint density at radius 1 is 1.05 bits per heavy atom. The van der Waals surface area contributed by atoms with Crippen LogP contribution in [0.2, 0.25) is 0 Å². The summed E-state index contributed by atoms with van der Waals surface area (Å²) in [5, 5.41) is 0. The molecular weight excluding hydrogens is 244 g/mol. The standard InChI is InChI=1S/C18H28N2/c1-14-7-9-15(10-8-14)13-19-16-11-17(2,3)20(6)18(4,5)12-16/h7-10,13,16H,11-12H2,1-6H3. The second-order valence-corrected chi connectivity index (χ2v) is 7.43. The SMILES string of the molecule is Cc1ccc(C=NC2CC(C)(C)N(C)C(C)(C)C2)cc1. The molecule has 0 spiro atoms. The molecule has 0 radical (unpaired) electrons. The molecule has 1 aliphatic rings. The third-order valence-corrected chi connectivity index (χ3v) is 4.80. The van der Waals surface area contributed by atoms with Crippen molar-refractivity contribution in [3.05, 3.63) is 35.4 Å². The highest BCUT2D eigenvalue weighted by atomic mass is 15.2. The van der Waals surface area contributed by atoms with Crippen molar-refractivity contribution in [3.8, 4) is 0 Å². The number of aliphatic imine (C=N–C) groups is 1. The molecular formula is C18H28N2. The molecule has 1 fully saturated rings. The molecule has 0 atom stereocenters. The average Bonchev–Trinajstić information content (AvgIpc) is 2.35. The van der Waals surface area contributed by atoms with Gasteiger partial charge in [-0.05, 0) is 60.1 Å². The van der Waals surface area contributed by atoms with Gasteiger partial charge in [0.25, 0.3) is 0 Å². The summed E-state index contributed by atoms with van der Waals surface area (Å²) in [7, 11) is 2.24. The Kier molecular flexibility index (Phi) is 4.06. The van der Waals surface area contributed by atoms with Crippen molar-refractivity contribution in [2.75, 3.05) is 7.05 Å². The van der Waals surface area contributed by atoms with E-state index in [0.29, 0.717) is 6.04 Å². The van der Waals surface area contributed by atoms with E-state index >= 15 is 0 Å². The number of likely N-dealkylation sites (tertiary alicyclic amines) is 1. The molecule has 1 saturated heterocycles. The normalized spacial score (nSPS) is 23.3. The molecule has 0 amide bonds. The maximum Gasteiger partial charge on any atom is 0.0534 e. The fourth-order valence-corrected chi connectivity index (χ4v) is 3.27. The summed E-state index contributed by atoms with van der Waals surface area (Å²) in [5.74, 6) is 0. The molecule has 0 aliphatic carbocycles. The van der Waals surface area contributed by atoms with Crippen LogP contribution in [0.1, 0.15) is 51.7 Å². The van der Waals surface area contributed by atoms with E-state index in [4.69, 9.17) is 4.99 Å². The second-order valence-electron chi connectivity index (χ2n) is 7.43. The number of aryl methyl sites for hydroxylation is 1. The second kappa shape index (κ2) is 5.33. The zero-order valence-corrected chi connectivity index (χ0v) is 13.8. The minimum Gasteiger partial charge on any atom is -0.296 e. The Hall–Kier alpha value is -1.15. The first-order valence-electron chi connectivity index (χ1n) is 7.54. The molecule has 0 unspecified atom stereocenters. The maximum atomic E-state index is 4.86. The van der Waals surface area contributed by atoms with E-state index in [9.17, 15) is 0 Å². The van der Waals surface area contributed by atoms with E-state index < -0.39 is 0 Å². The Labute approximate surface area is 123 Å². The Balaban J connectivity index is 2.12. The molecule has 0 aromatic heterocycles. The van der Waals surface area contributed by atoms with Crippen molar-refractivity contribution in [3.63, 3.8) is 0 Å². The van der Waals surface area contributed by atoms with Gasteiger partial charge in [0.1, 0.15) is 0 Å². The molecule has 20 heavy (non-hydrogen) atoms. The van der Waals surface area contributed by atoms with Crippen LogP contribution in [0.15, 0.2) is 29.3 Å². The van der Waals surface area contributed by atoms with Gasteiger partial charge in [0.15, 0.2) is 0 Å². The number of rotatable bonds is 2. The fraction of sp³-hybridized carbons (Fsp3) is 0.611. The largest absolute Gasteiger partial charge is 0.296 e. The molecule has 0 saturated carbocycles. The summed E-state index contributed by atoms with van der Waals surface area (Å²) < 4.78 is 0. The van der Waals surface area contributed by atoms with E-state index in [0.717, 1.165) is 12.8 Å². The molecule has 1 aromatic rings. The monoisotopic (exact) mass is 272 g/mol. The highest BCUT2D eigenvalue weighted by Gasteiger charge is 2.42. The fourth-order valence-electron chi connectivity index (χ4n) is 3.27. The lowest BCUT2D eigenvalue weighted by Gasteiger charge is -2.52. The molecule has 2 heteroatoms. The predicted octanol–water partition coefficient (Wildman–Crippen LogP) is 4.07. The van der Waals surface area contributed by atoms with Crippen LogP contribution in [0.3, 0.4) is 0 Å². The molecule has 1 aromatic carbocycles. The summed E-state index contributed by atoms with van der Waals surface area (Å²) >= 11 is 0. The van der Waals surface area contributed by atoms with E-state index in [2.05, 4.69) is 70.8 Å². The molecule has 2 rings (SSSR count). The van der Waals surface area contributed by atoms with Gasteiger partial charge in [0, 0.05) is 17.3 Å². The lowest BCUT2D eigenvalue weighted by molar-refractivity contribution is -0.0106. The molecule has 0 N–H and O–H groups in total.